The van der Waals surface area contributed by atoms with E-state index in [1.807, 2.05) is 0 Å². The van der Waals surface area contributed by atoms with E-state index in [4.69, 9.17) is 4.42 Å². The first-order valence-corrected chi connectivity index (χ1v) is 32.1. The summed E-state index contributed by atoms with van der Waals surface area (Å²) < 4.78 is 6.88. The highest BCUT2D eigenvalue weighted by molar-refractivity contribution is 7.00. The highest BCUT2D eigenvalue weighted by atomic mass is 16.3. The van der Waals surface area contributed by atoms with Crippen LogP contribution in [0.2, 0.25) is 0 Å². The first-order chi connectivity index (χ1) is 39.8. The smallest absolute Gasteiger partial charge is 0.252 e. The summed E-state index contributed by atoms with van der Waals surface area (Å²) in [4.78, 5) is 7.95. The van der Waals surface area contributed by atoms with E-state index < -0.39 is 0 Å². The molecule has 0 fully saturated rings. The van der Waals surface area contributed by atoms with Gasteiger partial charge in [0.25, 0.3) is 6.71 Å². The molecule has 2 aliphatic heterocycles. The van der Waals surface area contributed by atoms with Gasteiger partial charge in [0.15, 0.2) is 0 Å². The fourth-order valence-corrected chi connectivity index (χ4v) is 16.0. The number of para-hydroxylation sites is 1. The van der Waals surface area contributed by atoms with E-state index in [-0.39, 0.29) is 50.0 Å². The molecule has 14 rings (SSSR count). The summed E-state index contributed by atoms with van der Waals surface area (Å²) in [5, 5.41) is 2.28. The molecule has 85 heavy (non-hydrogen) atoms. The van der Waals surface area contributed by atoms with Crippen LogP contribution in [0.1, 0.15) is 208 Å². The Bertz CT molecular complexity index is 4170. The van der Waals surface area contributed by atoms with Gasteiger partial charge in [-0.3, -0.25) is 0 Å². The zero-order chi connectivity index (χ0) is 60.1. The maximum atomic E-state index is 6.88. The third-order valence-electron chi connectivity index (χ3n) is 22.0. The van der Waals surface area contributed by atoms with Gasteiger partial charge in [0.05, 0.1) is 5.69 Å². The lowest BCUT2D eigenvalue weighted by molar-refractivity contribution is 0.332. The number of furan rings is 1. The van der Waals surface area contributed by atoms with Gasteiger partial charge >= 0.3 is 0 Å². The van der Waals surface area contributed by atoms with Crippen LogP contribution < -0.4 is 31.1 Å². The monoisotopic (exact) mass is 1120 g/mol. The highest BCUT2D eigenvalue weighted by Crippen LogP contribution is 2.56. The fourth-order valence-electron chi connectivity index (χ4n) is 16.0. The Labute approximate surface area is 509 Å². The molecule has 0 unspecified atom stereocenters. The van der Waals surface area contributed by atoms with E-state index in [9.17, 15) is 0 Å². The van der Waals surface area contributed by atoms with Gasteiger partial charge in [-0.1, -0.05) is 185 Å². The Balaban J connectivity index is 1.15. The zero-order valence-corrected chi connectivity index (χ0v) is 54.4. The van der Waals surface area contributed by atoms with Crippen molar-refractivity contribution in [1.82, 2.24) is 0 Å². The van der Waals surface area contributed by atoms with Crippen LogP contribution in [0.25, 0.3) is 21.9 Å². The molecule has 0 N–H and O–H groups in total. The van der Waals surface area contributed by atoms with Gasteiger partial charge in [-0.2, -0.15) is 0 Å². The predicted molar refractivity (Wildman–Crippen MR) is 366 cm³/mol. The number of anilines is 9. The van der Waals surface area contributed by atoms with E-state index in [0.29, 0.717) is 0 Å². The lowest BCUT2D eigenvalue weighted by atomic mass is 9.32. The number of hydrogen-bond acceptors (Lipinski definition) is 4. The Hall–Kier alpha value is -6.98. The molecule has 8 aromatic carbocycles. The van der Waals surface area contributed by atoms with Crippen LogP contribution in [0.15, 0.2) is 150 Å². The average Bonchev–Trinajstić information content (AvgIpc) is 0.983. The summed E-state index contributed by atoms with van der Waals surface area (Å²) in [6, 6.07) is 58.0. The molecule has 1 aromatic heterocycles. The summed E-state index contributed by atoms with van der Waals surface area (Å²) in [7, 11) is 0. The van der Waals surface area contributed by atoms with Crippen molar-refractivity contribution in [1.29, 1.82) is 0 Å². The summed E-state index contributed by atoms with van der Waals surface area (Å²) >= 11 is 0. The van der Waals surface area contributed by atoms with E-state index in [1.54, 1.807) is 0 Å². The third-order valence-corrected chi connectivity index (χ3v) is 22.0. The van der Waals surface area contributed by atoms with Crippen molar-refractivity contribution < 1.29 is 4.42 Å². The number of nitrogens with zero attached hydrogens (tertiary/aromatic N) is 3. The molecule has 5 aliphatic rings. The Morgan fingerprint density at radius 1 is 0.365 bits per heavy atom. The van der Waals surface area contributed by atoms with Crippen molar-refractivity contribution in [2.45, 2.75) is 206 Å². The van der Waals surface area contributed by atoms with Crippen LogP contribution in [0.3, 0.4) is 0 Å². The van der Waals surface area contributed by atoms with Gasteiger partial charge < -0.3 is 19.1 Å². The van der Waals surface area contributed by atoms with Crippen LogP contribution in [-0.4, -0.2) is 6.71 Å². The normalized spacial score (nSPS) is 19.2. The molecule has 9 aromatic rings. The van der Waals surface area contributed by atoms with Crippen LogP contribution in [0, 0.1) is 0 Å². The van der Waals surface area contributed by atoms with Crippen LogP contribution in [0.5, 0.6) is 0 Å². The number of rotatable bonds is 5. The quantitative estimate of drug-likeness (QED) is 0.160. The van der Waals surface area contributed by atoms with E-state index in [0.717, 1.165) is 76.8 Å². The molecule has 5 heteroatoms. The van der Waals surface area contributed by atoms with Crippen LogP contribution >= 0.6 is 0 Å². The van der Waals surface area contributed by atoms with Crippen molar-refractivity contribution in [2.75, 3.05) is 14.7 Å². The average molecular weight is 1120 g/mol. The molecular weight excluding hydrogens is 1030 g/mol. The predicted octanol–water partition coefficient (Wildman–Crippen LogP) is 20.8. The molecule has 0 spiro atoms. The largest absolute Gasteiger partial charge is 0.456 e. The molecule has 3 heterocycles. The second kappa shape index (κ2) is 18.3. The van der Waals surface area contributed by atoms with Crippen molar-refractivity contribution in [3.63, 3.8) is 0 Å². The lowest BCUT2D eigenvalue weighted by Crippen LogP contribution is -2.62. The maximum Gasteiger partial charge on any atom is 0.252 e. The Morgan fingerprint density at radius 2 is 0.753 bits per heavy atom. The molecule has 0 atom stereocenters. The number of benzene rings is 8. The molecule has 434 valence electrons. The van der Waals surface area contributed by atoms with Gasteiger partial charge in [0, 0.05) is 62.3 Å². The summed E-state index contributed by atoms with van der Waals surface area (Å²) in [5.74, 6) is 0. The van der Waals surface area contributed by atoms with Gasteiger partial charge in [-0.05, 0) is 222 Å². The first-order valence-electron chi connectivity index (χ1n) is 32.1. The van der Waals surface area contributed by atoms with Gasteiger partial charge in [0.2, 0.25) is 0 Å². The Kier molecular flexibility index (Phi) is 12.0. The minimum atomic E-state index is -0.0673. The van der Waals surface area contributed by atoms with E-state index in [2.05, 4.69) is 285 Å². The fraction of sp³-hybridized carbons (Fsp3) is 0.400. The van der Waals surface area contributed by atoms with E-state index >= 15 is 0 Å². The molecule has 0 radical (unpaired) electrons. The molecule has 3 aliphatic carbocycles. The van der Waals surface area contributed by atoms with E-state index in [1.165, 1.54) is 95.8 Å². The number of hydrogen-bond donors (Lipinski definition) is 0. The Morgan fingerprint density at radius 3 is 1.21 bits per heavy atom. The standard InChI is InChI=1S/C80H90BN3O/c1-73(2,3)49-23-27-51(28-24-49)82(52-29-25-50(26-30-52)74(4,5)6)55-42-68-72-69(43-55)84(54-31-33-57-56-21-19-20-22-70(56)85-71(57)44-54)67-48-63-61(78(13,14)38-40-80(63,17)18)46-65(67)81(72)64-45-60-62(79(15,16)39-37-77(60,11)12)47-66(64)83(68)53-32-34-58-59(41-53)76(9,10)36-35-75(58,7)8/h19-34,41-48H,35-40H2,1-18H3. The summed E-state index contributed by atoms with van der Waals surface area (Å²) in [5.41, 5.74) is 28.1. The van der Waals surface area contributed by atoms with Gasteiger partial charge in [0.1, 0.15) is 11.2 Å². The molecule has 4 nitrogen and oxygen atoms in total. The number of fused-ring (bicyclic) bond motifs is 10. The van der Waals surface area contributed by atoms with Crippen LogP contribution in [0.4, 0.5) is 51.2 Å². The molecule has 0 bridgehead atoms. The SMILES string of the molecule is CC(C)(C)c1ccc(N(c2ccc(C(C)(C)C)cc2)c2cc3c4c(c2)N(c2ccc5c(c2)oc2ccccc25)c2cc5c(cc2B4c2cc4c(cc2N3c2ccc3c(c2)C(C)(C)CCC3(C)C)C(C)(C)CCC4(C)C)C(C)(C)CCC5(C)C)cc1. The third kappa shape index (κ3) is 8.72. The highest BCUT2D eigenvalue weighted by Gasteiger charge is 2.50. The van der Waals surface area contributed by atoms with Crippen molar-refractivity contribution >= 4 is 96.2 Å². The van der Waals surface area contributed by atoms with Crippen LogP contribution in [-0.2, 0) is 43.3 Å². The summed E-state index contributed by atoms with van der Waals surface area (Å²) in [6.45, 7) is 43.7. The zero-order valence-electron chi connectivity index (χ0n) is 54.4. The second-order valence-electron chi connectivity index (χ2n) is 32.7. The molecular formula is C80H90BN3O. The maximum absolute atomic E-state index is 6.88. The van der Waals surface area contributed by atoms with Gasteiger partial charge in [-0.25, -0.2) is 0 Å². The van der Waals surface area contributed by atoms with Crippen molar-refractivity contribution in [2.24, 2.45) is 0 Å². The topological polar surface area (TPSA) is 22.9 Å². The molecule has 0 saturated carbocycles. The van der Waals surface area contributed by atoms with Gasteiger partial charge in [-0.15, -0.1) is 0 Å². The minimum absolute atomic E-state index is 0.00191. The van der Waals surface area contributed by atoms with Crippen molar-refractivity contribution in [3.05, 3.63) is 190 Å². The summed E-state index contributed by atoms with van der Waals surface area (Å²) in [6.07, 6.45) is 6.88. The molecule has 0 amide bonds. The van der Waals surface area contributed by atoms with Crippen molar-refractivity contribution in [3.8, 4) is 0 Å². The minimum Gasteiger partial charge on any atom is -0.456 e. The first kappa shape index (κ1) is 55.9. The second-order valence-corrected chi connectivity index (χ2v) is 32.7. The molecule has 0 saturated heterocycles. The lowest BCUT2D eigenvalue weighted by Gasteiger charge is -2.49.